The fourth-order valence-electron chi connectivity index (χ4n) is 2.38. The van der Waals surface area contributed by atoms with Crippen molar-refractivity contribution in [3.05, 3.63) is 62.0 Å². The molecule has 1 N–H and O–H groups in total. The van der Waals surface area contributed by atoms with Crippen molar-refractivity contribution in [1.82, 2.24) is 15.1 Å². The molecule has 24 heavy (non-hydrogen) atoms. The molecule has 7 heteroatoms. The van der Waals surface area contributed by atoms with E-state index in [4.69, 9.17) is 23.2 Å². The van der Waals surface area contributed by atoms with E-state index in [1.165, 1.54) is 6.07 Å². The number of hydrogen-bond donors (Lipinski definition) is 1. The minimum Gasteiger partial charge on any atom is -0.348 e. The summed E-state index contributed by atoms with van der Waals surface area (Å²) < 4.78 is 1.16. The van der Waals surface area contributed by atoms with Gasteiger partial charge in [-0.3, -0.25) is 9.59 Å². The Kier molecular flexibility index (Phi) is 6.40. The predicted octanol–water partition coefficient (Wildman–Crippen LogP) is 3.52. The summed E-state index contributed by atoms with van der Waals surface area (Å²) in [6.45, 7) is 3.68. The van der Waals surface area contributed by atoms with Crippen molar-refractivity contribution in [2.24, 2.45) is 0 Å². The minimum atomic E-state index is -0.308. The maximum atomic E-state index is 12.3. The fourth-order valence-corrected chi connectivity index (χ4v) is 2.69. The Bertz CT molecular complexity index is 790. The first-order valence-electron chi connectivity index (χ1n) is 7.69. The number of carbonyl (C=O) groups excluding carboxylic acids is 1. The number of halogens is 2. The summed E-state index contributed by atoms with van der Waals surface area (Å²) in [7, 11) is 0. The second-order valence-electron chi connectivity index (χ2n) is 5.55. The number of nitrogens with one attached hydrogen (secondary N) is 1. The molecule has 0 bridgehead atoms. The Morgan fingerprint density at radius 2 is 2.00 bits per heavy atom. The smallest absolute Gasteiger partial charge is 0.267 e. The van der Waals surface area contributed by atoms with Crippen molar-refractivity contribution in [2.45, 2.75) is 39.3 Å². The van der Waals surface area contributed by atoms with Gasteiger partial charge in [0.1, 0.15) is 6.54 Å². The average molecular weight is 368 g/mol. The van der Waals surface area contributed by atoms with Crippen molar-refractivity contribution in [3.63, 3.8) is 0 Å². The van der Waals surface area contributed by atoms with Crippen LogP contribution < -0.4 is 10.9 Å². The molecule has 0 saturated heterocycles. The van der Waals surface area contributed by atoms with E-state index in [2.05, 4.69) is 10.4 Å². The number of aromatic nitrogens is 2. The number of benzene rings is 1. The SMILES string of the molecule is CCCC(NC(=O)Cn1nc(C)ccc1=O)c1ccc(Cl)c(Cl)c1. The van der Waals surface area contributed by atoms with Crippen LogP contribution in [0.3, 0.4) is 0 Å². The lowest BCUT2D eigenvalue weighted by Gasteiger charge is -2.19. The van der Waals surface area contributed by atoms with Crippen LogP contribution in [0.1, 0.15) is 37.1 Å². The van der Waals surface area contributed by atoms with E-state index in [9.17, 15) is 9.59 Å². The van der Waals surface area contributed by atoms with E-state index >= 15 is 0 Å². The van der Waals surface area contributed by atoms with Crippen LogP contribution in [0.25, 0.3) is 0 Å². The van der Waals surface area contributed by atoms with Crippen LogP contribution in [0.4, 0.5) is 0 Å². The Morgan fingerprint density at radius 1 is 1.25 bits per heavy atom. The highest BCUT2D eigenvalue weighted by Crippen LogP contribution is 2.27. The highest BCUT2D eigenvalue weighted by molar-refractivity contribution is 6.42. The van der Waals surface area contributed by atoms with E-state index in [0.29, 0.717) is 15.7 Å². The maximum absolute atomic E-state index is 12.3. The van der Waals surface area contributed by atoms with Crippen molar-refractivity contribution >= 4 is 29.1 Å². The number of aryl methyl sites for hydroxylation is 1. The number of carbonyl (C=O) groups is 1. The van der Waals surface area contributed by atoms with Crippen molar-refractivity contribution in [1.29, 1.82) is 0 Å². The normalized spacial score (nSPS) is 12.0. The lowest BCUT2D eigenvalue weighted by molar-refractivity contribution is -0.122. The Hall–Kier alpha value is -1.85. The molecule has 0 aliphatic heterocycles. The summed E-state index contributed by atoms with van der Waals surface area (Å²) in [5.41, 5.74) is 1.25. The second kappa shape index (κ2) is 8.31. The largest absolute Gasteiger partial charge is 0.348 e. The summed E-state index contributed by atoms with van der Waals surface area (Å²) in [5, 5.41) is 7.92. The summed E-state index contributed by atoms with van der Waals surface area (Å²) in [5.74, 6) is -0.278. The predicted molar refractivity (Wildman–Crippen MR) is 95.5 cm³/mol. The molecule has 0 saturated carbocycles. The van der Waals surface area contributed by atoms with Gasteiger partial charge in [0.15, 0.2) is 0 Å². The zero-order chi connectivity index (χ0) is 17.7. The highest BCUT2D eigenvalue weighted by Gasteiger charge is 2.16. The van der Waals surface area contributed by atoms with Gasteiger partial charge in [-0.05, 0) is 37.1 Å². The summed E-state index contributed by atoms with van der Waals surface area (Å²) in [6, 6.07) is 8.12. The van der Waals surface area contributed by atoms with E-state index in [0.717, 1.165) is 23.1 Å². The first-order valence-corrected chi connectivity index (χ1v) is 8.45. The number of nitrogens with zero attached hydrogens (tertiary/aromatic N) is 2. The van der Waals surface area contributed by atoms with Crippen molar-refractivity contribution in [3.8, 4) is 0 Å². The number of amides is 1. The van der Waals surface area contributed by atoms with Crippen LogP contribution in [0, 0.1) is 6.92 Å². The zero-order valence-electron chi connectivity index (χ0n) is 13.6. The quantitative estimate of drug-likeness (QED) is 0.849. The topological polar surface area (TPSA) is 64.0 Å². The highest BCUT2D eigenvalue weighted by atomic mass is 35.5. The molecule has 1 aromatic carbocycles. The molecule has 0 spiro atoms. The first kappa shape index (κ1) is 18.5. The van der Waals surface area contributed by atoms with Gasteiger partial charge < -0.3 is 5.32 Å². The van der Waals surface area contributed by atoms with Crippen LogP contribution in [-0.4, -0.2) is 15.7 Å². The van der Waals surface area contributed by atoms with E-state index in [1.807, 2.05) is 13.0 Å². The number of hydrogen-bond acceptors (Lipinski definition) is 3. The zero-order valence-corrected chi connectivity index (χ0v) is 15.1. The van der Waals surface area contributed by atoms with Gasteiger partial charge in [0.05, 0.1) is 21.8 Å². The van der Waals surface area contributed by atoms with Gasteiger partial charge in [0, 0.05) is 6.07 Å². The molecule has 0 aliphatic rings. The van der Waals surface area contributed by atoms with Crippen LogP contribution in [-0.2, 0) is 11.3 Å². The van der Waals surface area contributed by atoms with Crippen molar-refractivity contribution in [2.75, 3.05) is 0 Å². The van der Waals surface area contributed by atoms with E-state index in [1.54, 1.807) is 25.1 Å². The van der Waals surface area contributed by atoms with Crippen LogP contribution >= 0.6 is 23.2 Å². The average Bonchev–Trinajstić information content (AvgIpc) is 2.53. The van der Waals surface area contributed by atoms with Crippen molar-refractivity contribution < 1.29 is 4.79 Å². The summed E-state index contributed by atoms with van der Waals surface area (Å²) in [4.78, 5) is 24.1. The molecular weight excluding hydrogens is 349 g/mol. The monoisotopic (exact) mass is 367 g/mol. The van der Waals surface area contributed by atoms with E-state index in [-0.39, 0.29) is 24.1 Å². The summed E-state index contributed by atoms with van der Waals surface area (Å²) >= 11 is 12.0. The van der Waals surface area contributed by atoms with E-state index < -0.39 is 0 Å². The Labute approximate surface area is 150 Å². The standard InChI is InChI=1S/C17H19Cl2N3O2/c1-3-4-15(12-6-7-13(18)14(19)9-12)20-16(23)10-22-17(24)8-5-11(2)21-22/h5-9,15H,3-4,10H2,1-2H3,(H,20,23). The lowest BCUT2D eigenvalue weighted by Crippen LogP contribution is -2.35. The van der Waals surface area contributed by atoms with Gasteiger partial charge >= 0.3 is 0 Å². The molecule has 128 valence electrons. The minimum absolute atomic E-state index is 0.123. The second-order valence-corrected chi connectivity index (χ2v) is 6.37. The number of rotatable bonds is 6. The Morgan fingerprint density at radius 3 is 2.67 bits per heavy atom. The molecule has 1 heterocycles. The molecule has 1 aromatic heterocycles. The Balaban J connectivity index is 2.14. The van der Waals surface area contributed by atoms with Gasteiger partial charge in [0.2, 0.25) is 5.91 Å². The van der Waals surface area contributed by atoms with Crippen LogP contribution in [0.5, 0.6) is 0 Å². The molecule has 1 atom stereocenters. The first-order chi connectivity index (χ1) is 11.4. The molecular formula is C17H19Cl2N3O2. The summed E-state index contributed by atoms with van der Waals surface area (Å²) in [6.07, 6.45) is 1.63. The third kappa shape index (κ3) is 4.82. The molecule has 2 rings (SSSR count). The third-order valence-corrected chi connectivity index (χ3v) is 4.29. The maximum Gasteiger partial charge on any atom is 0.267 e. The van der Waals surface area contributed by atoms with Gasteiger partial charge in [-0.2, -0.15) is 5.10 Å². The van der Waals surface area contributed by atoms with Crippen LogP contribution in [0.2, 0.25) is 10.0 Å². The molecule has 1 unspecified atom stereocenters. The molecule has 2 aromatic rings. The van der Waals surface area contributed by atoms with Gasteiger partial charge in [-0.25, -0.2) is 4.68 Å². The van der Waals surface area contributed by atoms with Gasteiger partial charge in [-0.15, -0.1) is 0 Å². The third-order valence-electron chi connectivity index (χ3n) is 3.55. The lowest BCUT2D eigenvalue weighted by atomic mass is 10.0. The molecule has 1 amide bonds. The van der Waals surface area contributed by atoms with Gasteiger partial charge in [0.25, 0.3) is 5.56 Å². The van der Waals surface area contributed by atoms with Crippen LogP contribution in [0.15, 0.2) is 35.1 Å². The van der Waals surface area contributed by atoms with Gasteiger partial charge in [-0.1, -0.05) is 42.6 Å². The molecule has 5 nitrogen and oxygen atoms in total. The molecule has 0 radical (unpaired) electrons. The molecule has 0 fully saturated rings. The fraction of sp³-hybridized carbons (Fsp3) is 0.353. The molecule has 0 aliphatic carbocycles.